The minimum Gasteiger partial charge on any atom is -0.389 e. The summed E-state index contributed by atoms with van der Waals surface area (Å²) in [5, 5.41) is 0. The van der Waals surface area contributed by atoms with Gasteiger partial charge in [0.25, 0.3) is 0 Å². The van der Waals surface area contributed by atoms with Gasteiger partial charge in [0.2, 0.25) is 0 Å². The molecule has 0 rings (SSSR count). The van der Waals surface area contributed by atoms with E-state index in [1.165, 1.54) is 0 Å². The first-order chi connectivity index (χ1) is 5.60. The SMILES string of the molecule is O=[PH](OC(F)=CF)OC(F)=CF. The van der Waals surface area contributed by atoms with Gasteiger partial charge in [-0.2, -0.15) is 8.78 Å². The van der Waals surface area contributed by atoms with E-state index in [0.29, 0.717) is 0 Å². The second-order valence-electron chi connectivity index (χ2n) is 1.28. The second kappa shape index (κ2) is 5.65. The maximum Gasteiger partial charge on any atom is 0.422 e. The average molecular weight is 206 g/mol. The largest absolute Gasteiger partial charge is 0.422 e. The number of halogens is 4. The predicted octanol–water partition coefficient (Wildman–Crippen LogP) is 2.89. The van der Waals surface area contributed by atoms with Gasteiger partial charge in [-0.25, -0.2) is 13.3 Å². The lowest BCUT2D eigenvalue weighted by Gasteiger charge is -2.00. The van der Waals surface area contributed by atoms with E-state index in [0.717, 1.165) is 0 Å². The van der Waals surface area contributed by atoms with Gasteiger partial charge in [-0.05, 0) is 0 Å². The van der Waals surface area contributed by atoms with Crippen molar-refractivity contribution in [2.45, 2.75) is 0 Å². The van der Waals surface area contributed by atoms with Crippen LogP contribution in [0.5, 0.6) is 0 Å². The Balaban J connectivity index is 3.91. The molecule has 70 valence electrons. The Bertz CT molecular complexity index is 204. The van der Waals surface area contributed by atoms with Gasteiger partial charge >= 0.3 is 20.3 Å². The van der Waals surface area contributed by atoms with Crippen LogP contribution in [0, 0.1) is 0 Å². The van der Waals surface area contributed by atoms with E-state index < -0.39 is 32.9 Å². The van der Waals surface area contributed by atoms with Crippen molar-refractivity contribution in [1.29, 1.82) is 0 Å². The zero-order valence-electron chi connectivity index (χ0n) is 5.39. The van der Waals surface area contributed by atoms with Crippen molar-refractivity contribution in [3.8, 4) is 0 Å². The molecule has 0 saturated heterocycles. The van der Waals surface area contributed by atoms with Crippen LogP contribution in [0.3, 0.4) is 0 Å². The van der Waals surface area contributed by atoms with Crippen molar-refractivity contribution in [3.05, 3.63) is 24.7 Å². The predicted molar refractivity (Wildman–Crippen MR) is 31.8 cm³/mol. The molecule has 3 nitrogen and oxygen atoms in total. The highest BCUT2D eigenvalue weighted by atomic mass is 31.1. The summed E-state index contributed by atoms with van der Waals surface area (Å²) in [6, 6.07) is -3.68. The van der Waals surface area contributed by atoms with Crippen LogP contribution < -0.4 is 0 Å². The van der Waals surface area contributed by atoms with Crippen molar-refractivity contribution in [2.24, 2.45) is 0 Å². The number of hydrogen-bond acceptors (Lipinski definition) is 3. The highest BCUT2D eigenvalue weighted by Crippen LogP contribution is 2.31. The smallest absolute Gasteiger partial charge is 0.389 e. The van der Waals surface area contributed by atoms with Gasteiger partial charge in [-0.1, -0.05) is 0 Å². The van der Waals surface area contributed by atoms with Crippen LogP contribution in [0.1, 0.15) is 0 Å². The van der Waals surface area contributed by atoms with Crippen LogP contribution in [0.15, 0.2) is 24.7 Å². The molecule has 0 bridgehead atoms. The lowest BCUT2D eigenvalue weighted by Crippen LogP contribution is -1.79. The molecule has 0 fully saturated rings. The molecule has 0 aromatic rings. The summed E-state index contributed by atoms with van der Waals surface area (Å²) in [7, 11) is -3.63. The molecule has 0 N–H and O–H groups in total. The minimum absolute atomic E-state index is 0.650. The van der Waals surface area contributed by atoms with E-state index >= 15 is 0 Å². The molecule has 0 atom stereocenters. The summed E-state index contributed by atoms with van der Waals surface area (Å²) in [6.07, 6.45) is -1.30. The molecule has 0 radical (unpaired) electrons. The van der Waals surface area contributed by atoms with Crippen LogP contribution in [-0.4, -0.2) is 0 Å². The van der Waals surface area contributed by atoms with E-state index in [9.17, 15) is 22.1 Å². The fourth-order valence-corrected chi connectivity index (χ4v) is 0.674. The monoisotopic (exact) mass is 206 g/mol. The standard InChI is InChI=1S/C4H3F4O3P/c5-1-3(7)10-12(9)11-4(8)2-6/h1-2,12H. The Morgan fingerprint density at radius 2 is 1.42 bits per heavy atom. The van der Waals surface area contributed by atoms with Gasteiger partial charge in [0.05, 0.1) is 0 Å². The van der Waals surface area contributed by atoms with Crippen molar-refractivity contribution < 1.29 is 31.2 Å². The zero-order valence-corrected chi connectivity index (χ0v) is 6.39. The Morgan fingerprint density at radius 3 is 1.67 bits per heavy atom. The molecule has 0 aliphatic rings. The quantitative estimate of drug-likeness (QED) is 0.403. The van der Waals surface area contributed by atoms with Crippen molar-refractivity contribution in [2.75, 3.05) is 0 Å². The molecule has 12 heavy (non-hydrogen) atoms. The Hall–Kier alpha value is -0.970. The zero-order chi connectivity index (χ0) is 9.56. The molecule has 0 aliphatic carbocycles. The lowest BCUT2D eigenvalue weighted by molar-refractivity contribution is 0.218. The summed E-state index contributed by atoms with van der Waals surface area (Å²) < 4.78 is 62.9. The number of hydrogen-bond donors (Lipinski definition) is 0. The number of rotatable bonds is 4. The normalized spacial score (nSPS) is 15.7. The average Bonchev–Trinajstić information content (AvgIpc) is 2.03. The van der Waals surface area contributed by atoms with Gasteiger partial charge in [0.15, 0.2) is 12.7 Å². The summed E-state index contributed by atoms with van der Waals surface area (Å²) in [5.74, 6) is 0. The van der Waals surface area contributed by atoms with Gasteiger partial charge in [-0.15, -0.1) is 0 Å². The van der Waals surface area contributed by atoms with Gasteiger partial charge < -0.3 is 9.05 Å². The van der Waals surface area contributed by atoms with Crippen molar-refractivity contribution >= 4 is 8.25 Å². The van der Waals surface area contributed by atoms with Crippen molar-refractivity contribution in [1.82, 2.24) is 0 Å². The van der Waals surface area contributed by atoms with E-state index in [1.54, 1.807) is 0 Å². The fraction of sp³-hybridized carbons (Fsp3) is 0. The molecule has 0 heterocycles. The van der Waals surface area contributed by atoms with Crippen LogP contribution in [0.4, 0.5) is 17.6 Å². The third kappa shape index (κ3) is 4.79. The maximum absolute atomic E-state index is 11.7. The maximum atomic E-state index is 11.7. The Kier molecular flexibility index (Phi) is 5.19. The molecule has 0 amide bonds. The lowest BCUT2D eigenvalue weighted by atomic mass is 11.1. The molecule has 0 spiro atoms. The fourth-order valence-electron chi connectivity index (χ4n) is 0.225. The third-order valence-electron chi connectivity index (χ3n) is 0.533. The molecule has 0 saturated carbocycles. The summed E-state index contributed by atoms with van der Waals surface area (Å²) in [4.78, 5) is 0. The molecular weight excluding hydrogens is 203 g/mol. The highest BCUT2D eigenvalue weighted by Gasteiger charge is 2.07. The molecule has 8 heteroatoms. The molecule has 0 unspecified atom stereocenters. The molecule has 0 aromatic carbocycles. The van der Waals surface area contributed by atoms with Crippen molar-refractivity contribution in [3.63, 3.8) is 0 Å². The van der Waals surface area contributed by atoms with Crippen LogP contribution in [-0.2, 0) is 13.6 Å². The summed E-state index contributed by atoms with van der Waals surface area (Å²) in [5.41, 5.74) is 0. The molecule has 0 aromatic heterocycles. The van der Waals surface area contributed by atoms with E-state index in [-0.39, 0.29) is 0 Å². The molecule has 0 aliphatic heterocycles. The Labute approximate surface area is 65.2 Å². The first-order valence-electron chi connectivity index (χ1n) is 2.41. The second-order valence-corrected chi connectivity index (χ2v) is 2.19. The third-order valence-corrected chi connectivity index (χ3v) is 1.26. The first-order valence-corrected chi connectivity index (χ1v) is 3.64. The van der Waals surface area contributed by atoms with E-state index in [4.69, 9.17) is 0 Å². The van der Waals surface area contributed by atoms with Gasteiger partial charge in [0.1, 0.15) is 0 Å². The minimum atomic E-state index is -3.63. The van der Waals surface area contributed by atoms with E-state index in [1.807, 2.05) is 0 Å². The van der Waals surface area contributed by atoms with E-state index in [2.05, 4.69) is 9.05 Å². The molecular formula is C4H3F4O3P. The topological polar surface area (TPSA) is 35.5 Å². The van der Waals surface area contributed by atoms with Gasteiger partial charge in [-0.3, -0.25) is 0 Å². The first kappa shape index (κ1) is 11.0. The summed E-state index contributed by atoms with van der Waals surface area (Å²) in [6.45, 7) is 0. The van der Waals surface area contributed by atoms with Crippen LogP contribution >= 0.6 is 8.25 Å². The highest BCUT2D eigenvalue weighted by molar-refractivity contribution is 7.33. The summed E-state index contributed by atoms with van der Waals surface area (Å²) >= 11 is 0. The Morgan fingerprint density at radius 1 is 1.08 bits per heavy atom. The van der Waals surface area contributed by atoms with Crippen LogP contribution in [0.25, 0.3) is 0 Å². The van der Waals surface area contributed by atoms with Gasteiger partial charge in [0, 0.05) is 0 Å². The van der Waals surface area contributed by atoms with Crippen LogP contribution in [0.2, 0.25) is 0 Å².